The van der Waals surface area contributed by atoms with E-state index >= 15 is 0 Å². The van der Waals surface area contributed by atoms with Crippen molar-refractivity contribution in [2.45, 2.75) is 35.3 Å². The zero-order chi connectivity index (χ0) is 25.3. The van der Waals surface area contributed by atoms with Crippen LogP contribution in [-0.4, -0.2) is 79.4 Å². The number of halogens is 11. The van der Waals surface area contributed by atoms with E-state index in [-0.39, 0.29) is 18.0 Å². The second kappa shape index (κ2) is 7.26. The third-order valence-corrected chi connectivity index (χ3v) is 5.73. The molecule has 1 aliphatic carbocycles. The molecular formula is C18H15F11N2O2. The van der Waals surface area contributed by atoms with Crippen LogP contribution in [0.5, 0.6) is 5.75 Å². The van der Waals surface area contributed by atoms with Gasteiger partial charge in [0, 0.05) is 26.2 Å². The number of amides is 1. The summed E-state index contributed by atoms with van der Waals surface area (Å²) >= 11 is 0. The molecular weight excluding hydrogens is 485 g/mol. The lowest BCUT2D eigenvalue weighted by Gasteiger charge is -2.52. The summed E-state index contributed by atoms with van der Waals surface area (Å²) in [6.45, 7) is -2.41. The van der Waals surface area contributed by atoms with Crippen LogP contribution >= 0.6 is 0 Å². The molecule has 15 heteroatoms. The van der Waals surface area contributed by atoms with Crippen LogP contribution in [0.1, 0.15) is 0 Å². The molecule has 1 amide bonds. The normalized spacial score (nSPS) is 26.5. The van der Waals surface area contributed by atoms with E-state index in [1.165, 1.54) is 24.1 Å². The number of hydrogen-bond acceptors (Lipinski definition) is 3. The molecule has 1 saturated carbocycles. The van der Waals surface area contributed by atoms with Gasteiger partial charge in [-0.1, -0.05) is 12.1 Å². The molecule has 0 radical (unpaired) electrons. The Bertz CT molecular complexity index is 900. The number of ether oxygens (including phenoxy) is 1. The molecule has 0 N–H and O–H groups in total. The minimum absolute atomic E-state index is 0.108. The number of piperazine rings is 1. The second-order valence-electron chi connectivity index (χ2n) is 7.48. The lowest BCUT2D eigenvalue weighted by molar-refractivity contribution is -0.477. The van der Waals surface area contributed by atoms with Crippen LogP contribution in [0.3, 0.4) is 0 Å². The van der Waals surface area contributed by atoms with E-state index in [1.807, 2.05) is 0 Å². The first-order valence-electron chi connectivity index (χ1n) is 9.18. The SMILES string of the molecule is COc1ccccc1N1CCN(C(=O)C2(F)C(F)(F)C(F)(F)C(F)(F)C(F)(F)C2(F)F)CC1. The molecule has 4 nitrogen and oxygen atoms in total. The highest BCUT2D eigenvalue weighted by Gasteiger charge is 3.03. The monoisotopic (exact) mass is 500 g/mol. The van der Waals surface area contributed by atoms with Crippen LogP contribution in [0.25, 0.3) is 0 Å². The number of carbonyl (C=O) groups excluding carboxylic acids is 1. The molecule has 0 spiro atoms. The Morgan fingerprint density at radius 2 is 1.15 bits per heavy atom. The third kappa shape index (κ3) is 2.85. The van der Waals surface area contributed by atoms with Crippen molar-refractivity contribution in [2.24, 2.45) is 0 Å². The lowest BCUT2D eigenvalue weighted by Crippen LogP contribution is -2.86. The van der Waals surface area contributed by atoms with E-state index in [0.29, 0.717) is 11.4 Å². The van der Waals surface area contributed by atoms with Crippen molar-refractivity contribution in [1.29, 1.82) is 0 Å². The summed E-state index contributed by atoms with van der Waals surface area (Å²) in [5.41, 5.74) is -6.27. The first-order valence-corrected chi connectivity index (χ1v) is 9.18. The fraction of sp³-hybridized carbons (Fsp3) is 0.611. The van der Waals surface area contributed by atoms with E-state index in [2.05, 4.69) is 0 Å². The maximum Gasteiger partial charge on any atom is 0.384 e. The maximum absolute atomic E-state index is 15.0. The minimum atomic E-state index is -7.36. The van der Waals surface area contributed by atoms with E-state index in [9.17, 15) is 53.1 Å². The highest BCUT2D eigenvalue weighted by atomic mass is 19.4. The van der Waals surface area contributed by atoms with Crippen molar-refractivity contribution in [3.05, 3.63) is 24.3 Å². The molecule has 1 heterocycles. The van der Waals surface area contributed by atoms with Gasteiger partial charge in [0.15, 0.2) is 0 Å². The van der Waals surface area contributed by atoms with Crippen molar-refractivity contribution >= 4 is 11.6 Å². The number of methoxy groups -OCH3 is 1. The smallest absolute Gasteiger partial charge is 0.384 e. The summed E-state index contributed by atoms with van der Waals surface area (Å²) in [6.07, 6.45) is 0. The summed E-state index contributed by atoms with van der Waals surface area (Å²) in [7, 11) is 1.30. The number of benzene rings is 1. The number of rotatable bonds is 3. The zero-order valence-corrected chi connectivity index (χ0v) is 16.5. The Kier molecular flexibility index (Phi) is 5.53. The van der Waals surface area contributed by atoms with E-state index in [4.69, 9.17) is 4.74 Å². The summed E-state index contributed by atoms with van der Waals surface area (Å²) in [5, 5.41) is 0. The quantitative estimate of drug-likeness (QED) is 0.583. The molecule has 186 valence electrons. The fourth-order valence-corrected chi connectivity index (χ4v) is 3.75. The molecule has 1 saturated heterocycles. The number of nitrogens with zero attached hydrogens (tertiary/aromatic N) is 2. The molecule has 33 heavy (non-hydrogen) atoms. The topological polar surface area (TPSA) is 32.8 Å². The molecule has 1 aromatic carbocycles. The zero-order valence-electron chi connectivity index (χ0n) is 16.5. The number of hydrogen-bond donors (Lipinski definition) is 0. The Hall–Kier alpha value is -2.48. The summed E-state index contributed by atoms with van der Waals surface area (Å²) in [4.78, 5) is 13.6. The first kappa shape index (κ1) is 25.1. The van der Waals surface area contributed by atoms with Crippen LogP contribution in [0.2, 0.25) is 0 Å². The average molecular weight is 500 g/mol. The highest BCUT2D eigenvalue weighted by Crippen LogP contribution is 2.69. The number of para-hydroxylation sites is 2. The second-order valence-corrected chi connectivity index (χ2v) is 7.48. The number of alkyl halides is 11. The van der Waals surface area contributed by atoms with Crippen LogP contribution in [0.15, 0.2) is 24.3 Å². The predicted octanol–water partition coefficient (Wildman–Crippen LogP) is 4.24. The maximum atomic E-state index is 15.0. The number of carbonyl (C=O) groups is 1. The summed E-state index contributed by atoms with van der Waals surface area (Å²) < 4.78 is 158. The molecule has 0 atom stereocenters. The van der Waals surface area contributed by atoms with Gasteiger partial charge in [0.25, 0.3) is 5.91 Å². The lowest BCUT2D eigenvalue weighted by atomic mass is 9.71. The van der Waals surface area contributed by atoms with Crippen molar-refractivity contribution in [2.75, 3.05) is 38.2 Å². The Labute approximate surface area is 178 Å². The van der Waals surface area contributed by atoms with Gasteiger partial charge in [0.05, 0.1) is 12.8 Å². The van der Waals surface area contributed by atoms with E-state index < -0.39 is 54.3 Å². The molecule has 3 rings (SSSR count). The van der Waals surface area contributed by atoms with Crippen LogP contribution in [-0.2, 0) is 4.79 Å². The van der Waals surface area contributed by atoms with Crippen molar-refractivity contribution in [3.63, 3.8) is 0 Å². The summed E-state index contributed by atoms with van der Waals surface area (Å²) in [5.74, 6) is -39.2. The Balaban J connectivity index is 1.96. The van der Waals surface area contributed by atoms with Crippen molar-refractivity contribution in [1.82, 2.24) is 4.90 Å². The van der Waals surface area contributed by atoms with Gasteiger partial charge in [-0.05, 0) is 12.1 Å². The van der Waals surface area contributed by atoms with Gasteiger partial charge in [0.2, 0.25) is 0 Å². The predicted molar refractivity (Wildman–Crippen MR) is 90.4 cm³/mol. The fourth-order valence-electron chi connectivity index (χ4n) is 3.75. The Morgan fingerprint density at radius 1 is 0.727 bits per heavy atom. The molecule has 1 aliphatic heterocycles. The molecule has 2 fully saturated rings. The molecule has 0 bridgehead atoms. The number of anilines is 1. The van der Waals surface area contributed by atoms with Crippen LogP contribution in [0, 0.1) is 0 Å². The van der Waals surface area contributed by atoms with E-state index in [1.54, 1.807) is 12.1 Å². The van der Waals surface area contributed by atoms with Crippen molar-refractivity contribution in [3.8, 4) is 5.75 Å². The third-order valence-electron chi connectivity index (χ3n) is 5.73. The van der Waals surface area contributed by atoms with Gasteiger partial charge < -0.3 is 14.5 Å². The van der Waals surface area contributed by atoms with Gasteiger partial charge in [0.1, 0.15) is 5.75 Å². The van der Waals surface area contributed by atoms with Gasteiger partial charge in [-0.2, -0.15) is 43.9 Å². The first-order chi connectivity index (χ1) is 14.9. The molecule has 0 aromatic heterocycles. The van der Waals surface area contributed by atoms with Crippen LogP contribution < -0.4 is 9.64 Å². The standard InChI is InChI=1S/C18H15F11N2O2/c1-33-11-5-3-2-4-10(11)30-6-8-31(9-7-30)12(32)13(19)14(20,21)16(24,25)18(28,29)17(26,27)15(13,22)23/h2-5H,6-9H2,1H3. The summed E-state index contributed by atoms with van der Waals surface area (Å²) in [6, 6.07) is 6.16. The molecule has 2 aliphatic rings. The largest absolute Gasteiger partial charge is 0.495 e. The minimum Gasteiger partial charge on any atom is -0.495 e. The average Bonchev–Trinajstić information content (AvgIpc) is 2.76. The molecule has 0 unspecified atom stereocenters. The highest BCUT2D eigenvalue weighted by molar-refractivity contribution is 5.89. The van der Waals surface area contributed by atoms with Gasteiger partial charge in [-0.15, -0.1) is 0 Å². The van der Waals surface area contributed by atoms with E-state index in [0.717, 1.165) is 0 Å². The van der Waals surface area contributed by atoms with Crippen LogP contribution in [0.4, 0.5) is 54.0 Å². The van der Waals surface area contributed by atoms with Gasteiger partial charge >= 0.3 is 35.3 Å². The van der Waals surface area contributed by atoms with Gasteiger partial charge in [-0.25, -0.2) is 4.39 Å². The van der Waals surface area contributed by atoms with Gasteiger partial charge in [-0.3, -0.25) is 4.79 Å². The van der Waals surface area contributed by atoms with Crippen molar-refractivity contribution < 1.29 is 57.8 Å². The molecule has 1 aromatic rings. The Morgan fingerprint density at radius 3 is 1.61 bits per heavy atom.